The third-order valence-corrected chi connectivity index (χ3v) is 4.00. The van der Waals surface area contributed by atoms with Gasteiger partial charge in [-0.15, -0.1) is 0 Å². The minimum absolute atomic E-state index is 0.212. The third kappa shape index (κ3) is 7.16. The Morgan fingerprint density at radius 1 is 1.31 bits per heavy atom. The molecule has 0 aromatic heterocycles. The van der Waals surface area contributed by atoms with E-state index in [1.165, 1.54) is 24.8 Å². The molecule has 0 radical (unpaired) electrons. The number of nitrogens with two attached hydrogens (primary N) is 2. The van der Waals surface area contributed by atoms with Gasteiger partial charge < -0.3 is 15.6 Å². The standard InChI is InChI=1S/C17H27N5O4/c18-16(22(19)26-17(23)24)20-8-5-11-25-15-7-4-6-14(12-15)13-21-9-2-1-3-10-21/h4,6-7,12H,1-3,5,8-11,13,19H2,(H2,18,20)(H,23,24). The number of aliphatic imine (C=N–C) groups is 1. The number of rotatable bonds is 7. The fourth-order valence-electron chi connectivity index (χ4n) is 2.76. The van der Waals surface area contributed by atoms with Crippen molar-refractivity contribution in [3.05, 3.63) is 29.8 Å². The van der Waals surface area contributed by atoms with Gasteiger partial charge in [-0.2, -0.15) is 0 Å². The Bertz CT molecular complexity index is 605. The molecule has 0 aliphatic carbocycles. The Morgan fingerprint density at radius 3 is 2.81 bits per heavy atom. The van der Waals surface area contributed by atoms with Gasteiger partial charge >= 0.3 is 6.16 Å². The number of piperidine rings is 1. The molecule has 26 heavy (non-hydrogen) atoms. The topological polar surface area (TPSA) is 127 Å². The first-order chi connectivity index (χ1) is 12.5. The number of carbonyl (C=O) groups is 1. The number of nitrogens with zero attached hydrogens (tertiary/aromatic N) is 3. The Morgan fingerprint density at radius 2 is 2.08 bits per heavy atom. The molecule has 1 fully saturated rings. The quantitative estimate of drug-likeness (QED) is 0.218. The molecule has 0 saturated carbocycles. The number of hydrogen-bond donors (Lipinski definition) is 3. The molecule has 144 valence electrons. The highest BCUT2D eigenvalue weighted by Gasteiger charge is 2.11. The molecule has 9 nitrogen and oxygen atoms in total. The lowest BCUT2D eigenvalue weighted by Gasteiger charge is -2.26. The molecule has 1 saturated heterocycles. The lowest BCUT2D eigenvalue weighted by molar-refractivity contribution is -0.0652. The summed E-state index contributed by atoms with van der Waals surface area (Å²) >= 11 is 0. The average molecular weight is 365 g/mol. The van der Waals surface area contributed by atoms with Gasteiger partial charge in [0.1, 0.15) is 5.75 Å². The normalized spacial score (nSPS) is 15.5. The monoisotopic (exact) mass is 365 g/mol. The van der Waals surface area contributed by atoms with E-state index in [0.29, 0.717) is 24.7 Å². The molecule has 1 aliphatic rings. The molecule has 0 bridgehead atoms. The van der Waals surface area contributed by atoms with Crippen molar-refractivity contribution in [3.63, 3.8) is 0 Å². The molecule has 5 N–H and O–H groups in total. The minimum atomic E-state index is -1.56. The van der Waals surface area contributed by atoms with Crippen molar-refractivity contribution >= 4 is 12.1 Å². The molecule has 1 aromatic rings. The molecular formula is C17H27N5O4. The second-order valence-electron chi connectivity index (χ2n) is 6.11. The van der Waals surface area contributed by atoms with Crippen LogP contribution >= 0.6 is 0 Å². The first kappa shape index (κ1) is 19.8. The predicted molar refractivity (Wildman–Crippen MR) is 97.3 cm³/mol. The molecule has 1 aromatic carbocycles. The molecule has 0 spiro atoms. The maximum absolute atomic E-state index is 10.3. The molecule has 0 unspecified atom stereocenters. The molecule has 0 amide bonds. The number of ether oxygens (including phenoxy) is 1. The Hall–Kier alpha value is -2.52. The van der Waals surface area contributed by atoms with Gasteiger partial charge in [0.25, 0.3) is 0 Å². The van der Waals surface area contributed by atoms with Crippen LogP contribution in [-0.2, 0) is 11.4 Å². The Labute approximate surface area is 153 Å². The van der Waals surface area contributed by atoms with Crippen LogP contribution < -0.4 is 16.3 Å². The highest BCUT2D eigenvalue weighted by Crippen LogP contribution is 2.17. The fourth-order valence-corrected chi connectivity index (χ4v) is 2.76. The lowest BCUT2D eigenvalue weighted by Crippen LogP contribution is -2.44. The number of likely N-dealkylation sites (tertiary alicyclic amines) is 1. The number of hydroxylamine groups is 1. The summed E-state index contributed by atoms with van der Waals surface area (Å²) in [6.45, 7) is 4.08. The van der Waals surface area contributed by atoms with Crippen LogP contribution in [0.1, 0.15) is 31.2 Å². The maximum Gasteiger partial charge on any atom is 0.532 e. The number of guanidine groups is 1. The van der Waals surface area contributed by atoms with Gasteiger partial charge in [-0.25, -0.2) is 15.6 Å². The van der Waals surface area contributed by atoms with Crippen LogP contribution in [0.2, 0.25) is 0 Å². The second-order valence-corrected chi connectivity index (χ2v) is 6.11. The fraction of sp³-hybridized carbons (Fsp3) is 0.529. The zero-order valence-corrected chi connectivity index (χ0v) is 14.8. The summed E-state index contributed by atoms with van der Waals surface area (Å²) in [5.41, 5.74) is 6.73. The lowest BCUT2D eigenvalue weighted by atomic mass is 10.1. The number of benzene rings is 1. The maximum atomic E-state index is 10.3. The zero-order chi connectivity index (χ0) is 18.8. The van der Waals surface area contributed by atoms with Crippen molar-refractivity contribution in [1.82, 2.24) is 10.1 Å². The molecule has 1 aliphatic heterocycles. The Balaban J connectivity index is 1.70. The van der Waals surface area contributed by atoms with E-state index in [4.69, 9.17) is 21.4 Å². The van der Waals surface area contributed by atoms with Gasteiger partial charge in [0, 0.05) is 19.5 Å². The highest BCUT2D eigenvalue weighted by molar-refractivity contribution is 5.77. The van der Waals surface area contributed by atoms with Gasteiger partial charge in [0.15, 0.2) is 0 Å². The third-order valence-electron chi connectivity index (χ3n) is 4.00. The van der Waals surface area contributed by atoms with Crippen molar-refractivity contribution < 1.29 is 19.5 Å². The van der Waals surface area contributed by atoms with Crippen molar-refractivity contribution in [2.75, 3.05) is 26.2 Å². The van der Waals surface area contributed by atoms with Crippen LogP contribution in [0.25, 0.3) is 0 Å². The van der Waals surface area contributed by atoms with E-state index in [-0.39, 0.29) is 5.96 Å². The van der Waals surface area contributed by atoms with Gasteiger partial charge in [-0.05, 0) is 43.6 Å². The molecule has 0 atom stereocenters. The summed E-state index contributed by atoms with van der Waals surface area (Å²) in [7, 11) is 0. The summed E-state index contributed by atoms with van der Waals surface area (Å²) in [6.07, 6.45) is 2.93. The van der Waals surface area contributed by atoms with Crippen LogP contribution in [-0.4, -0.2) is 53.5 Å². The summed E-state index contributed by atoms with van der Waals surface area (Å²) in [4.78, 5) is 20.9. The van der Waals surface area contributed by atoms with Crippen LogP contribution in [0.3, 0.4) is 0 Å². The largest absolute Gasteiger partial charge is 0.532 e. The van der Waals surface area contributed by atoms with E-state index in [1.54, 1.807) is 0 Å². The van der Waals surface area contributed by atoms with Crippen LogP contribution in [0.5, 0.6) is 5.75 Å². The predicted octanol–water partition coefficient (Wildman–Crippen LogP) is 1.54. The van der Waals surface area contributed by atoms with Gasteiger partial charge in [0.05, 0.1) is 6.61 Å². The van der Waals surface area contributed by atoms with Crippen LogP contribution in [0.4, 0.5) is 4.79 Å². The van der Waals surface area contributed by atoms with E-state index in [2.05, 4.69) is 26.9 Å². The summed E-state index contributed by atoms with van der Waals surface area (Å²) in [5, 5.41) is 8.83. The van der Waals surface area contributed by atoms with Crippen molar-refractivity contribution in [2.45, 2.75) is 32.2 Å². The van der Waals surface area contributed by atoms with Gasteiger partial charge in [0.2, 0.25) is 5.96 Å². The number of carboxylic acid groups (broad SMARTS) is 1. The SMILES string of the molecule is NC(=NCCCOc1cccc(CN2CCCCC2)c1)N(N)OC(=O)O. The molecule has 9 heteroatoms. The van der Waals surface area contributed by atoms with Gasteiger partial charge in [-0.3, -0.25) is 9.74 Å². The van der Waals surface area contributed by atoms with Crippen LogP contribution in [0.15, 0.2) is 29.3 Å². The Kier molecular flexibility index (Phi) is 7.97. The highest BCUT2D eigenvalue weighted by atomic mass is 16.8. The van der Waals surface area contributed by atoms with Crippen LogP contribution in [0, 0.1) is 0 Å². The second kappa shape index (κ2) is 10.5. The van der Waals surface area contributed by atoms with Crippen molar-refractivity contribution in [1.29, 1.82) is 0 Å². The summed E-state index contributed by atoms with van der Waals surface area (Å²) < 4.78 is 5.74. The van der Waals surface area contributed by atoms with E-state index < -0.39 is 6.16 Å². The first-order valence-electron chi connectivity index (χ1n) is 8.74. The summed E-state index contributed by atoms with van der Waals surface area (Å²) in [5.74, 6) is 5.87. The first-order valence-corrected chi connectivity index (χ1v) is 8.74. The molecular weight excluding hydrogens is 338 g/mol. The van der Waals surface area contributed by atoms with Crippen molar-refractivity contribution in [3.8, 4) is 5.75 Å². The average Bonchev–Trinajstić information content (AvgIpc) is 2.62. The van der Waals surface area contributed by atoms with E-state index in [0.717, 1.165) is 25.4 Å². The van der Waals surface area contributed by atoms with E-state index >= 15 is 0 Å². The summed E-state index contributed by atoms with van der Waals surface area (Å²) in [6, 6.07) is 8.11. The smallest absolute Gasteiger partial charge is 0.494 e. The molecule has 2 rings (SSSR count). The zero-order valence-electron chi connectivity index (χ0n) is 14.8. The number of hydrazine groups is 1. The minimum Gasteiger partial charge on any atom is -0.494 e. The van der Waals surface area contributed by atoms with Crippen molar-refractivity contribution in [2.24, 2.45) is 16.6 Å². The van der Waals surface area contributed by atoms with E-state index in [1.807, 2.05) is 12.1 Å². The molecule has 1 heterocycles. The van der Waals surface area contributed by atoms with Gasteiger partial charge in [-0.1, -0.05) is 23.7 Å². The van der Waals surface area contributed by atoms with E-state index in [9.17, 15) is 4.79 Å². The number of hydrogen-bond acceptors (Lipinski definition) is 6.